The molecule has 0 spiro atoms. The van der Waals surface area contributed by atoms with Crippen molar-refractivity contribution < 1.29 is 14.4 Å². The third kappa shape index (κ3) is 3.04. The summed E-state index contributed by atoms with van der Waals surface area (Å²) in [6.45, 7) is 3.94. The van der Waals surface area contributed by atoms with Crippen molar-refractivity contribution in [2.24, 2.45) is 5.16 Å². The molecule has 4 heteroatoms. The molecule has 0 radical (unpaired) electrons. The molecule has 0 N–H and O–H groups in total. The third-order valence-electron chi connectivity index (χ3n) is 4.52. The van der Waals surface area contributed by atoms with Crippen molar-refractivity contribution in [3.63, 3.8) is 0 Å². The van der Waals surface area contributed by atoms with Gasteiger partial charge in [-0.1, -0.05) is 23.4 Å². The van der Waals surface area contributed by atoms with Gasteiger partial charge in [0.2, 0.25) is 0 Å². The number of fused-ring (bicyclic) bond motifs is 1. The predicted molar refractivity (Wildman–Crippen MR) is 93.8 cm³/mol. The minimum absolute atomic E-state index is 0.419. The van der Waals surface area contributed by atoms with Gasteiger partial charge in [-0.25, -0.2) is 4.79 Å². The zero-order chi connectivity index (χ0) is 17.1. The smallest absolute Gasteiger partial charge is 0.366 e. The molecule has 0 saturated heterocycles. The number of methoxy groups -OCH3 is 1. The van der Waals surface area contributed by atoms with Gasteiger partial charge in [-0.15, -0.1) is 0 Å². The minimum atomic E-state index is -0.419. The number of hydrogen-bond acceptors (Lipinski definition) is 4. The van der Waals surface area contributed by atoms with Crippen LogP contribution >= 0.6 is 0 Å². The lowest BCUT2D eigenvalue weighted by molar-refractivity contribution is 0.0514. The highest BCUT2D eigenvalue weighted by molar-refractivity contribution is 6.03. The molecule has 0 bridgehead atoms. The lowest BCUT2D eigenvalue weighted by Gasteiger charge is -2.21. The number of carbonyl (C=O) groups excluding carboxylic acids is 1. The summed E-state index contributed by atoms with van der Waals surface area (Å²) in [5.41, 5.74) is 5.66. The first-order valence-electron chi connectivity index (χ1n) is 8.12. The third-order valence-corrected chi connectivity index (χ3v) is 4.52. The molecule has 0 atom stereocenters. The second-order valence-electron chi connectivity index (χ2n) is 6.00. The summed E-state index contributed by atoms with van der Waals surface area (Å²) < 4.78 is 5.39. The largest absolute Gasteiger partial charge is 0.496 e. The molecule has 0 aromatic heterocycles. The van der Waals surface area contributed by atoms with Gasteiger partial charge in [0, 0.05) is 5.56 Å². The first kappa shape index (κ1) is 16.2. The summed E-state index contributed by atoms with van der Waals surface area (Å²) in [6.07, 6.45) is 2.78. The molecule has 4 nitrogen and oxygen atoms in total. The monoisotopic (exact) mass is 323 g/mol. The molecule has 0 saturated carbocycles. The Bertz CT molecular complexity index is 809. The van der Waals surface area contributed by atoms with E-state index in [9.17, 15) is 4.79 Å². The maximum atomic E-state index is 12.2. The van der Waals surface area contributed by atoms with Crippen LogP contribution in [-0.2, 0) is 11.3 Å². The van der Waals surface area contributed by atoms with Gasteiger partial charge in [0.05, 0.1) is 18.4 Å². The lowest BCUT2D eigenvalue weighted by atomic mass is 9.87. The number of aryl methyl sites for hydroxylation is 1. The van der Waals surface area contributed by atoms with E-state index in [4.69, 9.17) is 9.57 Å². The second kappa shape index (κ2) is 6.87. The van der Waals surface area contributed by atoms with Gasteiger partial charge in [-0.2, -0.15) is 0 Å². The van der Waals surface area contributed by atoms with E-state index in [0.29, 0.717) is 5.56 Å². The fourth-order valence-corrected chi connectivity index (χ4v) is 3.16. The molecule has 2 aromatic rings. The van der Waals surface area contributed by atoms with Crippen LogP contribution in [0.15, 0.2) is 41.6 Å². The van der Waals surface area contributed by atoms with Crippen LogP contribution in [0.25, 0.3) is 0 Å². The summed E-state index contributed by atoms with van der Waals surface area (Å²) in [4.78, 5) is 17.5. The summed E-state index contributed by atoms with van der Waals surface area (Å²) in [7, 11) is 1.68. The number of oxime groups is 1. The number of benzene rings is 2. The molecule has 0 amide bonds. The lowest BCUT2D eigenvalue weighted by Crippen LogP contribution is -2.15. The van der Waals surface area contributed by atoms with Crippen molar-refractivity contribution in [1.82, 2.24) is 0 Å². The van der Waals surface area contributed by atoms with Gasteiger partial charge in [0.25, 0.3) is 0 Å². The van der Waals surface area contributed by atoms with Gasteiger partial charge in [-0.3, -0.25) is 0 Å². The molecule has 0 heterocycles. The molecule has 0 aliphatic heterocycles. The van der Waals surface area contributed by atoms with Crippen LogP contribution in [0.5, 0.6) is 5.75 Å². The summed E-state index contributed by atoms with van der Waals surface area (Å²) in [5, 5.41) is 4.16. The van der Waals surface area contributed by atoms with Gasteiger partial charge in [0.1, 0.15) is 5.75 Å². The summed E-state index contributed by atoms with van der Waals surface area (Å²) in [5.74, 6) is 0.463. The zero-order valence-corrected chi connectivity index (χ0v) is 14.3. The Morgan fingerprint density at radius 2 is 1.88 bits per heavy atom. The van der Waals surface area contributed by atoms with E-state index in [-0.39, 0.29) is 0 Å². The van der Waals surface area contributed by atoms with E-state index in [1.807, 2.05) is 37.3 Å². The molecule has 1 aliphatic carbocycles. The maximum Gasteiger partial charge on any atom is 0.366 e. The van der Waals surface area contributed by atoms with Crippen molar-refractivity contribution in [2.75, 3.05) is 7.11 Å². The predicted octanol–water partition coefficient (Wildman–Crippen LogP) is 4.21. The number of rotatable bonds is 3. The van der Waals surface area contributed by atoms with Crippen LogP contribution in [0.2, 0.25) is 0 Å². The Kier molecular flexibility index (Phi) is 4.65. The molecular formula is C20H21NO3. The fourth-order valence-electron chi connectivity index (χ4n) is 3.16. The Morgan fingerprint density at radius 1 is 1.08 bits per heavy atom. The Balaban J connectivity index is 1.87. The van der Waals surface area contributed by atoms with E-state index in [1.165, 1.54) is 5.56 Å². The average Bonchev–Trinajstić information content (AvgIpc) is 2.60. The van der Waals surface area contributed by atoms with Crippen LogP contribution in [0.1, 0.15) is 45.5 Å². The van der Waals surface area contributed by atoms with E-state index in [0.717, 1.165) is 47.4 Å². The van der Waals surface area contributed by atoms with Gasteiger partial charge in [-0.05, 0) is 68.0 Å². The first-order chi connectivity index (χ1) is 11.6. The highest BCUT2D eigenvalue weighted by atomic mass is 16.7. The minimum Gasteiger partial charge on any atom is -0.496 e. The fraction of sp³-hybridized carbons (Fsp3) is 0.300. The second-order valence-corrected chi connectivity index (χ2v) is 6.00. The molecular weight excluding hydrogens is 302 g/mol. The Labute approximate surface area is 142 Å². The zero-order valence-electron chi connectivity index (χ0n) is 14.3. The van der Waals surface area contributed by atoms with Gasteiger partial charge < -0.3 is 9.57 Å². The van der Waals surface area contributed by atoms with E-state index in [1.54, 1.807) is 13.2 Å². The number of ether oxygens (including phenoxy) is 1. The number of carbonyl (C=O) groups is 1. The molecule has 24 heavy (non-hydrogen) atoms. The van der Waals surface area contributed by atoms with Gasteiger partial charge >= 0.3 is 5.97 Å². The van der Waals surface area contributed by atoms with Crippen molar-refractivity contribution >= 4 is 11.7 Å². The average molecular weight is 323 g/mol. The number of nitrogens with zero attached hydrogens (tertiary/aromatic N) is 1. The van der Waals surface area contributed by atoms with Crippen LogP contribution in [0.3, 0.4) is 0 Å². The van der Waals surface area contributed by atoms with Crippen LogP contribution in [0.4, 0.5) is 0 Å². The van der Waals surface area contributed by atoms with Crippen molar-refractivity contribution in [1.29, 1.82) is 0 Å². The SMILES string of the molecule is COc1ccc2c(c1C)CCC/C2=N/OC(=O)c1ccccc1C. The van der Waals surface area contributed by atoms with Crippen LogP contribution < -0.4 is 4.74 Å². The standard InChI is InChI=1S/C20H21NO3/c1-13-7-4-5-8-15(13)20(22)24-21-18-10-6-9-16-14(2)19(23-3)12-11-17(16)18/h4-5,7-8,11-12H,6,9-10H2,1-3H3/b21-18-. The van der Waals surface area contributed by atoms with E-state index in [2.05, 4.69) is 12.1 Å². The normalized spacial score (nSPS) is 15.0. The molecule has 124 valence electrons. The number of hydrogen-bond donors (Lipinski definition) is 0. The Hall–Kier alpha value is -2.62. The molecule has 1 aliphatic rings. The molecule has 0 unspecified atom stereocenters. The molecule has 2 aromatic carbocycles. The van der Waals surface area contributed by atoms with Crippen molar-refractivity contribution in [3.8, 4) is 5.75 Å². The summed E-state index contributed by atoms with van der Waals surface area (Å²) >= 11 is 0. The van der Waals surface area contributed by atoms with Gasteiger partial charge in [0.15, 0.2) is 0 Å². The highest BCUT2D eigenvalue weighted by Crippen LogP contribution is 2.30. The van der Waals surface area contributed by atoms with Crippen LogP contribution in [-0.4, -0.2) is 18.8 Å². The Morgan fingerprint density at radius 3 is 2.62 bits per heavy atom. The molecule has 0 fully saturated rings. The quantitative estimate of drug-likeness (QED) is 0.628. The topological polar surface area (TPSA) is 47.9 Å². The van der Waals surface area contributed by atoms with E-state index >= 15 is 0 Å². The van der Waals surface area contributed by atoms with Crippen molar-refractivity contribution in [3.05, 3.63) is 64.2 Å². The maximum absolute atomic E-state index is 12.2. The first-order valence-corrected chi connectivity index (χ1v) is 8.12. The van der Waals surface area contributed by atoms with E-state index < -0.39 is 5.97 Å². The summed E-state index contributed by atoms with van der Waals surface area (Å²) in [6, 6.07) is 11.3. The van der Waals surface area contributed by atoms with Crippen molar-refractivity contribution in [2.45, 2.75) is 33.1 Å². The molecule has 3 rings (SSSR count). The highest BCUT2D eigenvalue weighted by Gasteiger charge is 2.20. The van der Waals surface area contributed by atoms with Crippen LogP contribution in [0, 0.1) is 13.8 Å².